The Morgan fingerprint density at radius 1 is 1.31 bits per heavy atom. The minimum absolute atomic E-state index is 0.122. The van der Waals surface area contributed by atoms with Gasteiger partial charge in [-0.2, -0.15) is 5.10 Å². The number of carbonyl (C=O) groups is 1. The number of aryl methyl sites for hydroxylation is 1. The van der Waals surface area contributed by atoms with Crippen molar-refractivity contribution in [3.63, 3.8) is 0 Å². The molecular weight excluding hydrogens is 392 g/mol. The molecule has 26 heavy (non-hydrogen) atoms. The van der Waals surface area contributed by atoms with Crippen LogP contribution in [0.3, 0.4) is 0 Å². The number of hydrogen-bond acceptors (Lipinski definition) is 11. The van der Waals surface area contributed by atoms with E-state index in [2.05, 4.69) is 37.6 Å². The average molecular weight is 413 g/mol. The summed E-state index contributed by atoms with van der Waals surface area (Å²) in [7, 11) is 0. The van der Waals surface area contributed by atoms with E-state index in [9.17, 15) is 4.79 Å². The average Bonchev–Trinajstić information content (AvgIpc) is 3.00. The molecule has 0 saturated heterocycles. The molecule has 0 aliphatic rings. The molecular formula is C15H20N6O2S3. The summed E-state index contributed by atoms with van der Waals surface area (Å²) in [6.45, 7) is 7.82. The normalized spacial score (nSPS) is 11.5. The van der Waals surface area contributed by atoms with Crippen LogP contribution in [0.15, 0.2) is 24.9 Å². The third kappa shape index (κ3) is 6.89. The highest BCUT2D eigenvalue weighted by Crippen LogP contribution is 2.32. The zero-order valence-electron chi connectivity index (χ0n) is 15.0. The molecule has 2 rings (SSSR count). The molecule has 0 radical (unpaired) electrons. The number of esters is 1. The van der Waals surface area contributed by atoms with Crippen LogP contribution in [0.5, 0.6) is 0 Å². The van der Waals surface area contributed by atoms with E-state index in [-0.39, 0.29) is 12.4 Å². The van der Waals surface area contributed by atoms with E-state index in [1.807, 2.05) is 13.0 Å². The Labute approximate surface area is 164 Å². The molecule has 0 aliphatic carbocycles. The Kier molecular flexibility index (Phi) is 8.26. The van der Waals surface area contributed by atoms with Gasteiger partial charge in [0.15, 0.2) is 8.68 Å². The van der Waals surface area contributed by atoms with Crippen molar-refractivity contribution in [2.24, 2.45) is 5.10 Å². The van der Waals surface area contributed by atoms with E-state index in [4.69, 9.17) is 4.74 Å². The molecule has 0 amide bonds. The van der Waals surface area contributed by atoms with Crippen molar-refractivity contribution in [2.75, 3.05) is 17.8 Å². The first kappa shape index (κ1) is 20.6. The molecule has 11 heteroatoms. The van der Waals surface area contributed by atoms with Gasteiger partial charge in [-0.3, -0.25) is 4.79 Å². The highest BCUT2D eigenvalue weighted by atomic mass is 32.2. The third-order valence-corrected chi connectivity index (χ3v) is 5.64. The molecule has 2 heterocycles. The molecule has 140 valence electrons. The minimum Gasteiger partial charge on any atom is -0.466 e. The van der Waals surface area contributed by atoms with E-state index in [0.717, 1.165) is 25.2 Å². The van der Waals surface area contributed by atoms with Crippen molar-refractivity contribution in [2.45, 2.75) is 47.8 Å². The van der Waals surface area contributed by atoms with Gasteiger partial charge in [0.25, 0.3) is 0 Å². The largest absolute Gasteiger partial charge is 0.466 e. The van der Waals surface area contributed by atoms with Gasteiger partial charge in [-0.05, 0) is 44.4 Å². The zero-order chi connectivity index (χ0) is 18.9. The van der Waals surface area contributed by atoms with Crippen molar-refractivity contribution in [3.8, 4) is 0 Å². The van der Waals surface area contributed by atoms with E-state index >= 15 is 0 Å². The maximum atomic E-state index is 11.4. The van der Waals surface area contributed by atoms with Crippen molar-refractivity contribution in [1.29, 1.82) is 0 Å². The number of thioether (sulfide) groups is 1. The van der Waals surface area contributed by atoms with E-state index in [1.165, 1.54) is 23.1 Å². The van der Waals surface area contributed by atoms with Crippen LogP contribution in [0.2, 0.25) is 0 Å². The lowest BCUT2D eigenvalue weighted by Crippen LogP contribution is -2.10. The van der Waals surface area contributed by atoms with E-state index < -0.39 is 0 Å². The van der Waals surface area contributed by atoms with Gasteiger partial charge in [0.1, 0.15) is 5.03 Å². The molecule has 0 aromatic carbocycles. The zero-order valence-corrected chi connectivity index (χ0v) is 17.4. The van der Waals surface area contributed by atoms with Gasteiger partial charge in [0.05, 0.1) is 13.0 Å². The predicted molar refractivity (Wildman–Crippen MR) is 105 cm³/mol. The summed E-state index contributed by atoms with van der Waals surface area (Å²) in [4.78, 5) is 20.2. The van der Waals surface area contributed by atoms with Crippen LogP contribution in [0.4, 0.5) is 5.95 Å². The molecule has 0 saturated carbocycles. The lowest BCUT2D eigenvalue weighted by atomic mass is 10.3. The summed E-state index contributed by atoms with van der Waals surface area (Å²) in [6.07, 6.45) is 0.122. The second kappa shape index (κ2) is 10.4. The smallest absolute Gasteiger partial charge is 0.311 e. The number of anilines is 1. The molecule has 0 fully saturated rings. The van der Waals surface area contributed by atoms with E-state index in [1.54, 1.807) is 25.6 Å². The van der Waals surface area contributed by atoms with Crippen LogP contribution in [-0.2, 0) is 9.53 Å². The molecule has 0 bridgehead atoms. The molecule has 0 unspecified atom stereocenters. The van der Waals surface area contributed by atoms with Crippen LogP contribution >= 0.6 is 34.9 Å². The van der Waals surface area contributed by atoms with Crippen LogP contribution < -0.4 is 5.43 Å². The monoisotopic (exact) mass is 412 g/mol. The summed E-state index contributed by atoms with van der Waals surface area (Å²) in [6, 6.07) is 1.87. The number of rotatable bonds is 9. The first-order chi connectivity index (χ1) is 12.5. The van der Waals surface area contributed by atoms with Gasteiger partial charge >= 0.3 is 5.97 Å². The maximum absolute atomic E-state index is 11.4. The Balaban J connectivity index is 2.02. The van der Waals surface area contributed by atoms with Gasteiger partial charge < -0.3 is 4.74 Å². The minimum atomic E-state index is -0.311. The highest BCUT2D eigenvalue weighted by Gasteiger charge is 2.10. The molecule has 0 atom stereocenters. The van der Waals surface area contributed by atoms with Gasteiger partial charge in [-0.15, -0.1) is 10.2 Å². The predicted octanol–water partition coefficient (Wildman–Crippen LogP) is 3.64. The topological polar surface area (TPSA) is 102 Å². The summed E-state index contributed by atoms with van der Waals surface area (Å²) < 4.78 is 6.66. The van der Waals surface area contributed by atoms with Crippen LogP contribution in [0, 0.1) is 6.92 Å². The number of nitrogens with zero attached hydrogens (tertiary/aromatic N) is 5. The summed E-state index contributed by atoms with van der Waals surface area (Å²) >= 11 is 4.63. The fourth-order valence-corrected chi connectivity index (χ4v) is 4.68. The van der Waals surface area contributed by atoms with Crippen molar-refractivity contribution in [3.05, 3.63) is 11.8 Å². The van der Waals surface area contributed by atoms with Gasteiger partial charge in [0.2, 0.25) is 5.95 Å². The molecule has 8 nitrogen and oxygen atoms in total. The van der Waals surface area contributed by atoms with Gasteiger partial charge in [-0.25, -0.2) is 15.4 Å². The standard InChI is InChI=1S/C15H20N6O2S3/c1-5-23-12(22)8-10(4)18-19-13-16-9(3)7-11(17-13)25-15-21-20-14(26-15)24-6-2/h7H,5-6,8H2,1-4H3,(H,16,17,19)/b18-10+. The Morgan fingerprint density at radius 3 is 2.81 bits per heavy atom. The van der Waals surface area contributed by atoms with Gasteiger partial charge in [-0.1, -0.05) is 30.0 Å². The Morgan fingerprint density at radius 2 is 2.08 bits per heavy atom. The van der Waals surface area contributed by atoms with Crippen LogP contribution in [0.1, 0.15) is 32.9 Å². The number of carbonyl (C=O) groups excluding carboxylic acids is 1. The van der Waals surface area contributed by atoms with Crippen molar-refractivity contribution >= 4 is 52.5 Å². The second-order valence-corrected chi connectivity index (χ2v) is 8.74. The van der Waals surface area contributed by atoms with Crippen LogP contribution in [-0.4, -0.2) is 44.2 Å². The molecule has 0 aliphatic heterocycles. The summed E-state index contributed by atoms with van der Waals surface area (Å²) in [5.41, 5.74) is 4.18. The first-order valence-corrected chi connectivity index (χ1v) is 10.6. The SMILES string of the molecule is CCOC(=O)C/C(C)=N/Nc1nc(C)cc(Sc2nnc(SCC)s2)n1. The molecule has 1 N–H and O–H groups in total. The summed E-state index contributed by atoms with van der Waals surface area (Å²) in [5.74, 6) is 1.01. The number of hydrogen-bond donors (Lipinski definition) is 1. The number of ether oxygens (including phenoxy) is 1. The maximum Gasteiger partial charge on any atom is 0.311 e. The molecule has 0 spiro atoms. The van der Waals surface area contributed by atoms with Gasteiger partial charge in [0, 0.05) is 11.4 Å². The molecule has 2 aromatic heterocycles. The number of aromatic nitrogens is 4. The van der Waals surface area contributed by atoms with Crippen LogP contribution in [0.25, 0.3) is 0 Å². The summed E-state index contributed by atoms with van der Waals surface area (Å²) in [5, 5.41) is 13.2. The fourth-order valence-electron chi connectivity index (χ4n) is 1.76. The Bertz CT molecular complexity index is 780. The molecule has 2 aromatic rings. The first-order valence-electron chi connectivity index (χ1n) is 7.94. The lowest BCUT2D eigenvalue weighted by Gasteiger charge is -2.05. The Hall–Kier alpha value is -1.72. The van der Waals surface area contributed by atoms with Crippen molar-refractivity contribution < 1.29 is 9.53 Å². The quantitative estimate of drug-likeness (QED) is 0.217. The highest BCUT2D eigenvalue weighted by molar-refractivity contribution is 8.03. The number of hydrazone groups is 1. The number of nitrogens with one attached hydrogen (secondary N) is 1. The lowest BCUT2D eigenvalue weighted by molar-refractivity contribution is -0.141. The van der Waals surface area contributed by atoms with Crippen molar-refractivity contribution in [1.82, 2.24) is 20.2 Å². The van der Waals surface area contributed by atoms with E-state index in [0.29, 0.717) is 18.3 Å². The second-order valence-electron chi connectivity index (χ2n) is 4.98. The fraction of sp³-hybridized carbons (Fsp3) is 0.467. The third-order valence-electron chi connectivity index (χ3n) is 2.73.